The van der Waals surface area contributed by atoms with Crippen LogP contribution in [-0.2, 0) is 6.42 Å². The fourth-order valence-corrected chi connectivity index (χ4v) is 2.78. The van der Waals surface area contributed by atoms with Crippen LogP contribution in [0.3, 0.4) is 0 Å². The normalized spacial score (nSPS) is 12.5. The molecule has 0 aliphatic rings. The predicted octanol–water partition coefficient (Wildman–Crippen LogP) is 4.93. The summed E-state index contributed by atoms with van der Waals surface area (Å²) in [6.07, 6.45) is 0.272. The minimum absolute atomic E-state index is 0.121. The van der Waals surface area contributed by atoms with Crippen molar-refractivity contribution in [1.29, 1.82) is 0 Å². The summed E-state index contributed by atoms with van der Waals surface area (Å²) in [5, 5.41) is 0.554. The molecule has 106 valence electrons. The van der Waals surface area contributed by atoms with E-state index in [9.17, 15) is 8.78 Å². The SMILES string of the molecule is Cc1ccc(CC(N)c2c(F)cc(Br)cc2F)c(Cl)c1. The first-order chi connectivity index (χ1) is 9.38. The summed E-state index contributed by atoms with van der Waals surface area (Å²) in [4.78, 5) is 0. The average molecular weight is 361 g/mol. The fraction of sp³-hybridized carbons (Fsp3) is 0.200. The number of hydrogen-bond acceptors (Lipinski definition) is 1. The van der Waals surface area contributed by atoms with Gasteiger partial charge in [0.15, 0.2) is 0 Å². The standard InChI is InChI=1S/C15H13BrClF2N/c1-8-2-3-9(11(17)4-8)5-14(20)15-12(18)6-10(16)7-13(15)19/h2-4,6-7,14H,5,20H2,1H3. The molecule has 1 nitrogen and oxygen atoms in total. The third-order valence-corrected chi connectivity index (χ3v) is 3.87. The minimum atomic E-state index is -0.789. The third kappa shape index (κ3) is 3.37. The van der Waals surface area contributed by atoms with Gasteiger partial charge in [-0.1, -0.05) is 39.7 Å². The van der Waals surface area contributed by atoms with E-state index < -0.39 is 17.7 Å². The molecular formula is C15H13BrClF2N. The van der Waals surface area contributed by atoms with Gasteiger partial charge in [-0.05, 0) is 42.7 Å². The van der Waals surface area contributed by atoms with Gasteiger partial charge in [-0.2, -0.15) is 0 Å². The van der Waals surface area contributed by atoms with E-state index in [1.165, 1.54) is 12.1 Å². The maximum atomic E-state index is 13.8. The number of benzene rings is 2. The van der Waals surface area contributed by atoms with Crippen molar-refractivity contribution < 1.29 is 8.78 Å². The molecule has 0 radical (unpaired) electrons. The van der Waals surface area contributed by atoms with E-state index in [1.807, 2.05) is 19.1 Å². The highest BCUT2D eigenvalue weighted by atomic mass is 79.9. The number of hydrogen-bond donors (Lipinski definition) is 1. The first-order valence-corrected chi connectivity index (χ1v) is 7.20. The molecule has 2 aromatic rings. The van der Waals surface area contributed by atoms with E-state index >= 15 is 0 Å². The van der Waals surface area contributed by atoms with Crippen LogP contribution in [0.2, 0.25) is 5.02 Å². The Morgan fingerprint density at radius 2 is 1.80 bits per heavy atom. The summed E-state index contributed by atoms with van der Waals surface area (Å²) in [5.74, 6) is -1.32. The average Bonchev–Trinajstić information content (AvgIpc) is 2.31. The molecule has 1 unspecified atom stereocenters. The quantitative estimate of drug-likeness (QED) is 0.825. The summed E-state index contributed by atoms with van der Waals surface area (Å²) >= 11 is 9.16. The molecular weight excluding hydrogens is 348 g/mol. The van der Waals surface area contributed by atoms with Crippen LogP contribution in [-0.4, -0.2) is 0 Å². The van der Waals surface area contributed by atoms with Crippen molar-refractivity contribution in [3.8, 4) is 0 Å². The Hall–Kier alpha value is -0.970. The number of nitrogens with two attached hydrogens (primary N) is 1. The molecule has 0 spiro atoms. The zero-order valence-electron chi connectivity index (χ0n) is 10.8. The zero-order chi connectivity index (χ0) is 14.9. The molecule has 0 bridgehead atoms. The summed E-state index contributed by atoms with van der Waals surface area (Å²) < 4.78 is 28.0. The van der Waals surface area contributed by atoms with E-state index in [2.05, 4.69) is 15.9 Å². The molecule has 2 rings (SSSR count). The van der Waals surface area contributed by atoms with Crippen LogP contribution < -0.4 is 5.73 Å². The van der Waals surface area contributed by atoms with Crippen LogP contribution >= 0.6 is 27.5 Å². The molecule has 0 amide bonds. The number of halogens is 4. The second kappa shape index (κ2) is 6.20. The first-order valence-electron chi connectivity index (χ1n) is 6.03. The van der Waals surface area contributed by atoms with E-state index in [1.54, 1.807) is 6.07 Å². The van der Waals surface area contributed by atoms with Gasteiger partial charge >= 0.3 is 0 Å². The van der Waals surface area contributed by atoms with Crippen LogP contribution in [0.25, 0.3) is 0 Å². The topological polar surface area (TPSA) is 26.0 Å². The summed E-state index contributed by atoms with van der Waals surface area (Å²) in [7, 11) is 0. The van der Waals surface area contributed by atoms with Gasteiger partial charge in [0.2, 0.25) is 0 Å². The molecule has 0 fully saturated rings. The highest BCUT2D eigenvalue weighted by molar-refractivity contribution is 9.10. The number of rotatable bonds is 3. The molecule has 0 saturated heterocycles. The fourth-order valence-electron chi connectivity index (χ4n) is 2.06. The Balaban J connectivity index is 2.31. The van der Waals surface area contributed by atoms with Crippen molar-refractivity contribution in [3.05, 3.63) is 68.2 Å². The third-order valence-electron chi connectivity index (χ3n) is 3.06. The van der Waals surface area contributed by atoms with Gasteiger partial charge in [0.05, 0.1) is 0 Å². The lowest BCUT2D eigenvalue weighted by molar-refractivity contribution is 0.523. The first kappa shape index (κ1) is 15.4. The lowest BCUT2D eigenvalue weighted by Crippen LogP contribution is -2.17. The number of aryl methyl sites for hydroxylation is 1. The molecule has 1 atom stereocenters. The zero-order valence-corrected chi connectivity index (χ0v) is 13.1. The van der Waals surface area contributed by atoms with Gasteiger partial charge in [0, 0.05) is 21.1 Å². The van der Waals surface area contributed by atoms with Gasteiger partial charge in [-0.25, -0.2) is 8.78 Å². The molecule has 0 aromatic heterocycles. The van der Waals surface area contributed by atoms with E-state index in [0.717, 1.165) is 11.1 Å². The Morgan fingerprint density at radius 3 is 2.35 bits per heavy atom. The van der Waals surface area contributed by atoms with Crippen LogP contribution in [0.4, 0.5) is 8.78 Å². The predicted molar refractivity (Wildman–Crippen MR) is 80.9 cm³/mol. The Morgan fingerprint density at radius 1 is 1.20 bits per heavy atom. The Labute approximate surface area is 129 Å². The second-order valence-corrected chi connectivity index (χ2v) is 6.01. The van der Waals surface area contributed by atoms with Crippen LogP contribution in [0.5, 0.6) is 0 Å². The smallest absolute Gasteiger partial charge is 0.132 e. The van der Waals surface area contributed by atoms with Crippen molar-refractivity contribution in [2.24, 2.45) is 5.73 Å². The van der Waals surface area contributed by atoms with Crippen LogP contribution in [0.15, 0.2) is 34.8 Å². The molecule has 5 heteroatoms. The Bertz CT molecular complexity index is 623. The highest BCUT2D eigenvalue weighted by Crippen LogP contribution is 2.28. The molecule has 0 aliphatic heterocycles. The molecule has 0 heterocycles. The second-order valence-electron chi connectivity index (χ2n) is 4.69. The lowest BCUT2D eigenvalue weighted by Gasteiger charge is -2.15. The van der Waals surface area contributed by atoms with Gasteiger partial charge in [0.25, 0.3) is 0 Å². The van der Waals surface area contributed by atoms with Gasteiger partial charge in [0.1, 0.15) is 11.6 Å². The van der Waals surface area contributed by atoms with Crippen LogP contribution in [0.1, 0.15) is 22.7 Å². The van der Waals surface area contributed by atoms with Crippen molar-refractivity contribution >= 4 is 27.5 Å². The monoisotopic (exact) mass is 359 g/mol. The maximum Gasteiger partial charge on any atom is 0.132 e. The van der Waals surface area contributed by atoms with Crippen molar-refractivity contribution in [3.63, 3.8) is 0 Å². The lowest BCUT2D eigenvalue weighted by atomic mass is 9.98. The van der Waals surface area contributed by atoms with Crippen LogP contribution in [0, 0.1) is 18.6 Å². The van der Waals surface area contributed by atoms with Gasteiger partial charge in [-0.3, -0.25) is 0 Å². The Kier molecular flexibility index (Phi) is 4.78. The molecule has 2 aromatic carbocycles. The summed E-state index contributed by atoms with van der Waals surface area (Å²) in [6.45, 7) is 1.92. The molecule has 2 N–H and O–H groups in total. The summed E-state index contributed by atoms with van der Waals surface area (Å²) in [5.41, 5.74) is 7.60. The molecule has 20 heavy (non-hydrogen) atoms. The summed E-state index contributed by atoms with van der Waals surface area (Å²) in [6, 6.07) is 7.14. The van der Waals surface area contributed by atoms with E-state index in [0.29, 0.717) is 9.50 Å². The van der Waals surface area contributed by atoms with Crippen molar-refractivity contribution in [2.45, 2.75) is 19.4 Å². The van der Waals surface area contributed by atoms with E-state index in [4.69, 9.17) is 17.3 Å². The van der Waals surface area contributed by atoms with E-state index in [-0.39, 0.29) is 12.0 Å². The van der Waals surface area contributed by atoms with Gasteiger partial charge < -0.3 is 5.73 Å². The largest absolute Gasteiger partial charge is 0.323 e. The minimum Gasteiger partial charge on any atom is -0.323 e. The molecule has 0 saturated carbocycles. The maximum absolute atomic E-state index is 13.8. The molecule has 0 aliphatic carbocycles. The van der Waals surface area contributed by atoms with Gasteiger partial charge in [-0.15, -0.1) is 0 Å². The van der Waals surface area contributed by atoms with Crippen molar-refractivity contribution in [1.82, 2.24) is 0 Å². The highest BCUT2D eigenvalue weighted by Gasteiger charge is 2.19. The van der Waals surface area contributed by atoms with Crippen molar-refractivity contribution in [2.75, 3.05) is 0 Å².